The Labute approximate surface area is 296 Å². The van der Waals surface area contributed by atoms with Crippen molar-refractivity contribution in [3.63, 3.8) is 0 Å². The molecule has 4 heteroatoms. The Kier molecular flexibility index (Phi) is 5.81. The van der Waals surface area contributed by atoms with Crippen LogP contribution in [-0.4, -0.2) is 9.97 Å². The first kappa shape index (κ1) is 28.6. The molecule has 11 rings (SSSR count). The van der Waals surface area contributed by atoms with Crippen LogP contribution in [0.2, 0.25) is 0 Å². The van der Waals surface area contributed by atoms with Crippen LogP contribution in [0.15, 0.2) is 156 Å². The zero-order chi connectivity index (χ0) is 33.8. The first-order valence-corrected chi connectivity index (χ1v) is 17.8. The number of rotatable bonds is 3. The first-order valence-electron chi connectivity index (χ1n) is 17.8. The molecule has 0 radical (unpaired) electrons. The summed E-state index contributed by atoms with van der Waals surface area (Å²) in [4.78, 5) is 12.7. The third-order valence-corrected chi connectivity index (χ3v) is 11.4. The molecule has 4 nitrogen and oxygen atoms in total. The molecule has 3 heterocycles. The van der Waals surface area contributed by atoms with Crippen LogP contribution in [0.5, 0.6) is 0 Å². The first-order chi connectivity index (χ1) is 25.0. The summed E-state index contributed by atoms with van der Waals surface area (Å²) in [7, 11) is 0. The smallest absolute Gasteiger partial charge is 0.160 e. The standard InChI is InChI=1S/C47H33N3O/c1-47(2)37-25-24-33-31-14-7-10-18-40(31)50(45(33)43(37)36-27-42-35(26-38(36)47)32-15-8-11-19-41(32)51-42)30-22-20-29(21-23-30)46-48-39-17-9-6-16-34(39)44(49-46)28-12-4-3-5-13-28/h3-13,15-27,31H,14H2,1-2H3. The maximum atomic E-state index is 6.46. The van der Waals surface area contributed by atoms with Crippen molar-refractivity contribution in [2.24, 2.45) is 0 Å². The van der Waals surface area contributed by atoms with Gasteiger partial charge < -0.3 is 9.32 Å². The predicted molar refractivity (Wildman–Crippen MR) is 208 cm³/mol. The fraction of sp³-hybridized carbons (Fsp3) is 0.106. The zero-order valence-corrected chi connectivity index (χ0v) is 28.4. The van der Waals surface area contributed by atoms with E-state index in [4.69, 9.17) is 14.4 Å². The van der Waals surface area contributed by atoms with E-state index in [0.29, 0.717) is 5.92 Å². The van der Waals surface area contributed by atoms with Crippen LogP contribution in [0.1, 0.15) is 42.9 Å². The molecule has 0 bridgehead atoms. The second kappa shape index (κ2) is 10.4. The van der Waals surface area contributed by atoms with Gasteiger partial charge in [-0.15, -0.1) is 0 Å². The maximum Gasteiger partial charge on any atom is 0.160 e. The summed E-state index contributed by atoms with van der Waals surface area (Å²) in [6.45, 7) is 4.74. The van der Waals surface area contributed by atoms with Gasteiger partial charge in [-0.1, -0.05) is 105 Å². The highest BCUT2D eigenvalue weighted by Gasteiger charge is 2.44. The van der Waals surface area contributed by atoms with Crippen LogP contribution in [0.4, 0.5) is 11.4 Å². The van der Waals surface area contributed by atoms with Gasteiger partial charge in [0.1, 0.15) is 11.2 Å². The van der Waals surface area contributed by atoms with E-state index < -0.39 is 0 Å². The summed E-state index contributed by atoms with van der Waals surface area (Å²) >= 11 is 0. The summed E-state index contributed by atoms with van der Waals surface area (Å²) in [5, 5.41) is 3.40. The minimum Gasteiger partial charge on any atom is -0.456 e. The predicted octanol–water partition coefficient (Wildman–Crippen LogP) is 12.2. The summed E-state index contributed by atoms with van der Waals surface area (Å²) in [5.41, 5.74) is 16.1. The number of aromatic nitrogens is 2. The van der Waals surface area contributed by atoms with Gasteiger partial charge in [-0.2, -0.15) is 0 Å². The lowest BCUT2D eigenvalue weighted by Gasteiger charge is -2.26. The molecule has 1 unspecified atom stereocenters. The van der Waals surface area contributed by atoms with Gasteiger partial charge in [0.2, 0.25) is 0 Å². The molecule has 0 amide bonds. The molecule has 0 N–H and O–H groups in total. The molecule has 2 aromatic heterocycles. The molecule has 1 aliphatic heterocycles. The normalized spacial score (nSPS) is 16.7. The van der Waals surface area contributed by atoms with Crippen molar-refractivity contribution in [2.75, 3.05) is 4.90 Å². The van der Waals surface area contributed by atoms with Crippen molar-refractivity contribution in [2.45, 2.75) is 31.6 Å². The van der Waals surface area contributed by atoms with Gasteiger partial charge in [0, 0.05) is 55.6 Å². The fourth-order valence-corrected chi connectivity index (χ4v) is 8.89. The number of anilines is 2. The lowest BCUT2D eigenvalue weighted by Crippen LogP contribution is -2.16. The summed E-state index contributed by atoms with van der Waals surface area (Å²) in [6.07, 6.45) is 7.80. The second-order valence-corrected chi connectivity index (χ2v) is 14.5. The quantitative estimate of drug-likeness (QED) is 0.190. The van der Waals surface area contributed by atoms with Crippen LogP contribution in [0.3, 0.4) is 0 Å². The van der Waals surface area contributed by atoms with Crippen molar-refractivity contribution in [1.29, 1.82) is 0 Å². The highest BCUT2D eigenvalue weighted by Crippen LogP contribution is 2.61. The molecule has 2 aliphatic carbocycles. The Hall–Kier alpha value is -6.26. The molecular weight excluding hydrogens is 623 g/mol. The minimum absolute atomic E-state index is 0.161. The number of hydrogen-bond acceptors (Lipinski definition) is 4. The molecule has 0 spiro atoms. The molecule has 51 heavy (non-hydrogen) atoms. The fourth-order valence-electron chi connectivity index (χ4n) is 8.89. The van der Waals surface area contributed by atoms with E-state index in [0.717, 1.165) is 56.8 Å². The second-order valence-electron chi connectivity index (χ2n) is 14.5. The largest absolute Gasteiger partial charge is 0.456 e. The Balaban J connectivity index is 1.08. The van der Waals surface area contributed by atoms with Crippen molar-refractivity contribution in [3.05, 3.63) is 168 Å². The van der Waals surface area contributed by atoms with E-state index in [2.05, 4.69) is 146 Å². The number of fused-ring (bicyclic) bond motifs is 11. The SMILES string of the molecule is CC1(C)c2cc3c(cc2-c2c1ccc1c2N(c2ccc(-c4nc(-c5ccccc5)c5ccccc5n4)cc2)C2=CC=CCC21)oc1ccccc13. The van der Waals surface area contributed by atoms with E-state index in [9.17, 15) is 0 Å². The Morgan fingerprint density at radius 2 is 1.47 bits per heavy atom. The average molecular weight is 656 g/mol. The van der Waals surface area contributed by atoms with E-state index in [1.54, 1.807) is 0 Å². The Morgan fingerprint density at radius 1 is 0.686 bits per heavy atom. The maximum absolute atomic E-state index is 6.46. The van der Waals surface area contributed by atoms with E-state index in [1.807, 2.05) is 18.2 Å². The van der Waals surface area contributed by atoms with Gasteiger partial charge in [-0.05, 0) is 83.3 Å². The van der Waals surface area contributed by atoms with Crippen LogP contribution >= 0.6 is 0 Å². The summed E-state index contributed by atoms with van der Waals surface area (Å²) in [5.74, 6) is 1.03. The number of hydrogen-bond donors (Lipinski definition) is 0. The lowest BCUT2D eigenvalue weighted by atomic mass is 9.81. The third kappa shape index (κ3) is 4.02. The highest BCUT2D eigenvalue weighted by molar-refractivity contribution is 6.09. The molecule has 6 aromatic carbocycles. The number of nitrogens with zero attached hydrogens (tertiary/aromatic N) is 3. The van der Waals surface area contributed by atoms with Crippen LogP contribution < -0.4 is 4.90 Å². The number of para-hydroxylation sites is 2. The van der Waals surface area contributed by atoms with E-state index in [-0.39, 0.29) is 5.41 Å². The van der Waals surface area contributed by atoms with Gasteiger partial charge in [-0.25, -0.2) is 9.97 Å². The topological polar surface area (TPSA) is 42.2 Å². The van der Waals surface area contributed by atoms with Crippen molar-refractivity contribution >= 4 is 44.2 Å². The Bertz CT molecular complexity index is 2800. The van der Waals surface area contributed by atoms with Gasteiger partial charge >= 0.3 is 0 Å². The monoisotopic (exact) mass is 655 g/mol. The molecule has 242 valence electrons. The van der Waals surface area contributed by atoms with E-state index >= 15 is 0 Å². The van der Waals surface area contributed by atoms with Crippen LogP contribution in [0, 0.1) is 0 Å². The minimum atomic E-state index is -0.161. The van der Waals surface area contributed by atoms with Crippen LogP contribution in [-0.2, 0) is 5.41 Å². The van der Waals surface area contributed by atoms with Gasteiger partial charge in [0.25, 0.3) is 0 Å². The molecule has 0 saturated heterocycles. The molecule has 1 atom stereocenters. The average Bonchev–Trinajstić information content (AvgIpc) is 3.79. The third-order valence-electron chi connectivity index (χ3n) is 11.4. The van der Waals surface area contributed by atoms with Gasteiger partial charge in [0.15, 0.2) is 5.82 Å². The number of allylic oxidation sites excluding steroid dienone is 4. The zero-order valence-electron chi connectivity index (χ0n) is 28.4. The highest BCUT2D eigenvalue weighted by atomic mass is 16.3. The van der Waals surface area contributed by atoms with Gasteiger partial charge in [-0.3, -0.25) is 0 Å². The molecule has 0 fully saturated rings. The Morgan fingerprint density at radius 3 is 2.33 bits per heavy atom. The van der Waals surface area contributed by atoms with E-state index in [1.165, 1.54) is 50.0 Å². The van der Waals surface area contributed by atoms with Crippen molar-refractivity contribution < 1.29 is 4.42 Å². The number of furan rings is 1. The van der Waals surface area contributed by atoms with Crippen LogP contribution in [0.25, 0.3) is 66.6 Å². The molecule has 8 aromatic rings. The lowest BCUT2D eigenvalue weighted by molar-refractivity contribution is 0.657. The van der Waals surface area contributed by atoms with Crippen molar-refractivity contribution in [1.82, 2.24) is 9.97 Å². The summed E-state index contributed by atoms with van der Waals surface area (Å²) in [6, 6.07) is 45.4. The molecular formula is C47H33N3O. The van der Waals surface area contributed by atoms with Crippen molar-refractivity contribution in [3.8, 4) is 33.8 Å². The molecule has 0 saturated carbocycles. The summed E-state index contributed by atoms with van der Waals surface area (Å²) < 4.78 is 6.46. The number of benzene rings is 6. The van der Waals surface area contributed by atoms with Gasteiger partial charge in [0.05, 0.1) is 16.9 Å². The molecule has 3 aliphatic rings.